The number of nitrogens with zero attached hydrogens (tertiary/aromatic N) is 3. The van der Waals surface area contributed by atoms with Gasteiger partial charge in [0.25, 0.3) is 0 Å². The van der Waals surface area contributed by atoms with Crippen molar-refractivity contribution in [3.8, 4) is 0 Å². The Kier molecular flexibility index (Phi) is 1.36. The van der Waals surface area contributed by atoms with E-state index in [1.54, 1.807) is 0 Å². The molecule has 0 unspecified atom stereocenters. The SMILES string of the molecule is CN1C=CC2=[N+](I)CCN21. The zero-order chi connectivity index (χ0) is 7.14. The second-order valence-electron chi connectivity index (χ2n) is 2.46. The Hall–Kier alpha value is -0.260. The molecule has 0 aromatic heterocycles. The minimum atomic E-state index is 1.11. The Morgan fingerprint density at radius 2 is 2.50 bits per heavy atom. The maximum absolute atomic E-state index is 2.34. The summed E-state index contributed by atoms with van der Waals surface area (Å²) in [4.78, 5) is 0. The normalized spacial score (nSPS) is 23.0. The minimum Gasteiger partial charge on any atom is -0.226 e. The summed E-state index contributed by atoms with van der Waals surface area (Å²) in [5.74, 6) is 1.31. The van der Waals surface area contributed by atoms with Crippen LogP contribution in [0.1, 0.15) is 0 Å². The van der Waals surface area contributed by atoms with E-state index < -0.39 is 0 Å². The monoisotopic (exact) mass is 250 g/mol. The van der Waals surface area contributed by atoms with Crippen molar-refractivity contribution in [3.05, 3.63) is 12.3 Å². The molecular weight excluding hydrogens is 241 g/mol. The predicted molar refractivity (Wildman–Crippen MR) is 47.8 cm³/mol. The van der Waals surface area contributed by atoms with Gasteiger partial charge >= 0.3 is 5.84 Å². The molecule has 0 radical (unpaired) electrons. The molecule has 2 aliphatic heterocycles. The van der Waals surface area contributed by atoms with Crippen molar-refractivity contribution >= 4 is 28.7 Å². The molecule has 54 valence electrons. The van der Waals surface area contributed by atoms with Crippen LogP contribution >= 0.6 is 22.9 Å². The van der Waals surface area contributed by atoms with E-state index in [-0.39, 0.29) is 0 Å². The van der Waals surface area contributed by atoms with E-state index >= 15 is 0 Å². The second-order valence-corrected chi connectivity index (χ2v) is 3.62. The molecule has 3 nitrogen and oxygen atoms in total. The van der Waals surface area contributed by atoms with Crippen molar-refractivity contribution in [1.29, 1.82) is 0 Å². The Morgan fingerprint density at radius 1 is 1.70 bits per heavy atom. The number of hydrogen-bond acceptors (Lipinski definition) is 2. The molecule has 10 heavy (non-hydrogen) atoms. The molecule has 0 saturated carbocycles. The average Bonchev–Trinajstić information content (AvgIpc) is 2.41. The van der Waals surface area contributed by atoms with E-state index in [1.165, 1.54) is 5.84 Å². The van der Waals surface area contributed by atoms with Crippen molar-refractivity contribution < 1.29 is 2.79 Å². The standard InChI is InChI=1S/C6H9IN3/c1-8-3-2-6-9(7)4-5-10(6)8/h2-3H,4-5H2,1H3/q+1. The molecule has 0 saturated heterocycles. The van der Waals surface area contributed by atoms with E-state index in [0.717, 1.165) is 13.1 Å². The molecule has 0 fully saturated rings. The molecule has 0 atom stereocenters. The minimum absolute atomic E-state index is 1.11. The third kappa shape index (κ3) is 0.744. The molecule has 0 amide bonds. The summed E-state index contributed by atoms with van der Waals surface area (Å²) in [5.41, 5.74) is 0. The van der Waals surface area contributed by atoms with E-state index in [9.17, 15) is 0 Å². The summed E-state index contributed by atoms with van der Waals surface area (Å²) in [7, 11) is 2.07. The molecular formula is C6H9IN3+. The molecule has 0 aromatic rings. The molecule has 0 bridgehead atoms. The number of hydrazine groups is 1. The fraction of sp³-hybridized carbons (Fsp3) is 0.500. The van der Waals surface area contributed by atoms with Gasteiger partial charge in [-0.1, -0.05) is 0 Å². The highest BCUT2D eigenvalue weighted by molar-refractivity contribution is 14.1. The number of halogens is 1. The van der Waals surface area contributed by atoms with Crippen LogP contribution in [0.2, 0.25) is 0 Å². The van der Waals surface area contributed by atoms with Gasteiger partial charge in [0.15, 0.2) is 0 Å². The topological polar surface area (TPSA) is 9.49 Å². The van der Waals surface area contributed by atoms with E-state index in [2.05, 4.69) is 55.0 Å². The second kappa shape index (κ2) is 2.11. The molecule has 0 aromatic carbocycles. The van der Waals surface area contributed by atoms with Crippen molar-refractivity contribution in [2.45, 2.75) is 0 Å². The van der Waals surface area contributed by atoms with E-state index in [1.807, 2.05) is 0 Å². The van der Waals surface area contributed by atoms with Crippen LogP contribution in [-0.2, 0) is 0 Å². The summed E-state index contributed by atoms with van der Waals surface area (Å²) in [6.07, 6.45) is 4.22. The first-order valence-corrected chi connectivity index (χ1v) is 4.24. The van der Waals surface area contributed by atoms with Gasteiger partial charge < -0.3 is 0 Å². The van der Waals surface area contributed by atoms with Crippen LogP contribution in [0.25, 0.3) is 0 Å². The maximum Gasteiger partial charge on any atom is 0.306 e. The van der Waals surface area contributed by atoms with Crippen LogP contribution in [0, 0.1) is 0 Å². The molecule has 0 aliphatic carbocycles. The number of fused-ring (bicyclic) bond motifs is 1. The summed E-state index contributed by atoms with van der Waals surface area (Å²) in [6.45, 7) is 2.24. The average molecular weight is 250 g/mol. The lowest BCUT2D eigenvalue weighted by molar-refractivity contribution is -0.279. The molecule has 2 aliphatic rings. The van der Waals surface area contributed by atoms with Crippen LogP contribution < -0.4 is 0 Å². The first kappa shape index (κ1) is 6.45. The van der Waals surface area contributed by atoms with Crippen molar-refractivity contribution in [3.63, 3.8) is 0 Å². The fourth-order valence-electron chi connectivity index (χ4n) is 1.28. The van der Waals surface area contributed by atoms with Crippen molar-refractivity contribution in [2.24, 2.45) is 0 Å². The third-order valence-electron chi connectivity index (χ3n) is 1.84. The molecule has 2 heterocycles. The van der Waals surface area contributed by atoms with Crippen molar-refractivity contribution in [1.82, 2.24) is 10.0 Å². The molecule has 2 rings (SSSR count). The van der Waals surface area contributed by atoms with Crippen LogP contribution in [0.3, 0.4) is 0 Å². The first-order chi connectivity index (χ1) is 4.79. The number of amidine groups is 1. The largest absolute Gasteiger partial charge is 0.306 e. The van der Waals surface area contributed by atoms with Crippen LogP contribution in [0.4, 0.5) is 0 Å². The maximum atomic E-state index is 2.34. The summed E-state index contributed by atoms with van der Waals surface area (Å²) in [5, 5.41) is 4.38. The molecule has 4 heteroatoms. The highest BCUT2D eigenvalue weighted by Crippen LogP contribution is 2.14. The Labute approximate surface area is 74.1 Å². The zero-order valence-electron chi connectivity index (χ0n) is 5.79. The van der Waals surface area contributed by atoms with Gasteiger partial charge in [-0.25, -0.2) is 5.01 Å². The highest BCUT2D eigenvalue weighted by Gasteiger charge is 2.34. The quantitative estimate of drug-likeness (QED) is 0.455. The molecule has 0 N–H and O–H groups in total. The zero-order valence-corrected chi connectivity index (χ0v) is 7.95. The third-order valence-corrected chi connectivity index (χ3v) is 2.82. The van der Waals surface area contributed by atoms with Crippen molar-refractivity contribution in [2.75, 3.05) is 20.1 Å². The van der Waals surface area contributed by atoms with Gasteiger partial charge in [0, 0.05) is 19.3 Å². The van der Waals surface area contributed by atoms with Gasteiger partial charge in [-0.3, -0.25) is 0 Å². The molecule has 0 spiro atoms. The summed E-state index contributed by atoms with van der Waals surface area (Å²) in [6, 6.07) is 0. The lowest BCUT2D eigenvalue weighted by Crippen LogP contribution is -2.33. The van der Waals surface area contributed by atoms with Gasteiger partial charge in [-0.05, 0) is 0 Å². The van der Waals surface area contributed by atoms with Gasteiger partial charge in [0.1, 0.15) is 13.1 Å². The van der Waals surface area contributed by atoms with Gasteiger partial charge in [-0.15, -0.1) is 0 Å². The van der Waals surface area contributed by atoms with Crippen LogP contribution in [-0.4, -0.2) is 38.8 Å². The fourth-order valence-corrected chi connectivity index (χ4v) is 1.90. The summed E-state index contributed by atoms with van der Waals surface area (Å²) < 4.78 is 2.23. The number of rotatable bonds is 0. The Balaban J connectivity index is 2.35. The Bertz CT molecular complexity index is 221. The Morgan fingerprint density at radius 3 is 3.20 bits per heavy atom. The van der Waals surface area contributed by atoms with Gasteiger partial charge in [-0.2, -0.15) is 7.80 Å². The van der Waals surface area contributed by atoms with E-state index in [0.29, 0.717) is 0 Å². The van der Waals surface area contributed by atoms with Crippen LogP contribution in [0.5, 0.6) is 0 Å². The van der Waals surface area contributed by atoms with Gasteiger partial charge in [0.2, 0.25) is 22.9 Å². The number of hydrogen-bond donors (Lipinski definition) is 0. The summed E-state index contributed by atoms with van der Waals surface area (Å²) >= 11 is 2.34. The highest BCUT2D eigenvalue weighted by atomic mass is 127. The predicted octanol–water partition coefficient (Wildman–Crippen LogP) is 0.437. The van der Waals surface area contributed by atoms with E-state index in [4.69, 9.17) is 0 Å². The lowest BCUT2D eigenvalue weighted by Gasteiger charge is -2.13. The first-order valence-electron chi connectivity index (χ1n) is 3.28. The van der Waals surface area contributed by atoms with Crippen LogP contribution in [0.15, 0.2) is 12.3 Å². The lowest BCUT2D eigenvalue weighted by atomic mass is 10.6. The smallest absolute Gasteiger partial charge is 0.226 e. The van der Waals surface area contributed by atoms with Gasteiger partial charge in [0.05, 0.1) is 0 Å².